The van der Waals surface area contributed by atoms with Gasteiger partial charge in [-0.2, -0.15) is 0 Å². The van der Waals surface area contributed by atoms with Crippen molar-refractivity contribution >= 4 is 17.7 Å². The van der Waals surface area contributed by atoms with Gasteiger partial charge in [0, 0.05) is 5.69 Å². The third-order valence-corrected chi connectivity index (χ3v) is 1.93. The number of esters is 1. The van der Waals surface area contributed by atoms with Crippen LogP contribution in [0.5, 0.6) is 0 Å². The minimum Gasteiger partial charge on any atom is -0.467 e. The van der Waals surface area contributed by atoms with Crippen molar-refractivity contribution in [2.24, 2.45) is 0 Å². The van der Waals surface area contributed by atoms with Crippen LogP contribution in [0.2, 0.25) is 0 Å². The molecule has 5 heteroatoms. The lowest BCUT2D eigenvalue weighted by atomic mass is 10.3. The van der Waals surface area contributed by atoms with Crippen LogP contribution < -0.4 is 10.6 Å². The molecule has 0 spiro atoms. The second-order valence-electron chi connectivity index (χ2n) is 3.21. The maximum atomic E-state index is 11.4. The van der Waals surface area contributed by atoms with E-state index in [9.17, 15) is 9.59 Å². The summed E-state index contributed by atoms with van der Waals surface area (Å²) in [5, 5.41) is 5.05. The van der Waals surface area contributed by atoms with Crippen molar-refractivity contribution in [3.05, 3.63) is 30.3 Å². The van der Waals surface area contributed by atoms with Crippen molar-refractivity contribution in [3.8, 4) is 0 Å². The van der Waals surface area contributed by atoms with E-state index in [0.29, 0.717) is 5.69 Å². The largest absolute Gasteiger partial charge is 0.467 e. The van der Waals surface area contributed by atoms with E-state index >= 15 is 0 Å². The van der Waals surface area contributed by atoms with Crippen LogP contribution in [-0.2, 0) is 9.53 Å². The van der Waals surface area contributed by atoms with Crippen LogP contribution in [0, 0.1) is 0 Å². The van der Waals surface area contributed by atoms with E-state index in [2.05, 4.69) is 15.4 Å². The standard InChI is InChI=1S/C11H14N2O3/c1-8(10(14)16-2)12-11(15)13-9-6-4-3-5-7-9/h3-8H,1-2H3,(H2,12,13,15)/t8-/m1/s1. The number of benzene rings is 1. The number of rotatable bonds is 3. The summed E-state index contributed by atoms with van der Waals surface area (Å²) in [6, 6.07) is 7.85. The Morgan fingerprint density at radius 2 is 1.88 bits per heavy atom. The van der Waals surface area contributed by atoms with Crippen LogP contribution in [0.4, 0.5) is 10.5 Å². The van der Waals surface area contributed by atoms with Crippen molar-refractivity contribution in [2.75, 3.05) is 12.4 Å². The van der Waals surface area contributed by atoms with Gasteiger partial charge in [0.25, 0.3) is 0 Å². The fourth-order valence-electron chi connectivity index (χ4n) is 1.12. The molecule has 1 aromatic rings. The number of hydrogen-bond acceptors (Lipinski definition) is 3. The fraction of sp³-hybridized carbons (Fsp3) is 0.273. The summed E-state index contributed by atoms with van der Waals surface area (Å²) in [7, 11) is 1.27. The van der Waals surface area contributed by atoms with Gasteiger partial charge in [0.2, 0.25) is 0 Å². The molecule has 0 bridgehead atoms. The molecule has 1 aromatic carbocycles. The van der Waals surface area contributed by atoms with Gasteiger partial charge in [-0.15, -0.1) is 0 Å². The number of anilines is 1. The molecular weight excluding hydrogens is 208 g/mol. The zero-order valence-electron chi connectivity index (χ0n) is 9.19. The molecule has 1 rings (SSSR count). The van der Waals surface area contributed by atoms with Gasteiger partial charge in [-0.05, 0) is 19.1 Å². The Kier molecular flexibility index (Phi) is 4.32. The van der Waals surface area contributed by atoms with Gasteiger partial charge >= 0.3 is 12.0 Å². The summed E-state index contributed by atoms with van der Waals surface area (Å²) >= 11 is 0. The maximum Gasteiger partial charge on any atom is 0.328 e. The van der Waals surface area contributed by atoms with E-state index < -0.39 is 18.0 Å². The molecule has 1 atom stereocenters. The van der Waals surface area contributed by atoms with Crippen molar-refractivity contribution in [1.82, 2.24) is 5.32 Å². The molecule has 0 aliphatic rings. The maximum absolute atomic E-state index is 11.4. The number of amides is 2. The summed E-state index contributed by atoms with van der Waals surface area (Å²) in [6.07, 6.45) is 0. The van der Waals surface area contributed by atoms with Crippen molar-refractivity contribution in [2.45, 2.75) is 13.0 Å². The molecule has 0 aromatic heterocycles. The van der Waals surface area contributed by atoms with E-state index in [1.54, 1.807) is 31.2 Å². The van der Waals surface area contributed by atoms with Crippen molar-refractivity contribution < 1.29 is 14.3 Å². The Labute approximate surface area is 93.8 Å². The smallest absolute Gasteiger partial charge is 0.328 e. The summed E-state index contributed by atoms with van der Waals surface area (Å²) in [4.78, 5) is 22.4. The number of methoxy groups -OCH3 is 1. The second kappa shape index (κ2) is 5.75. The third-order valence-electron chi connectivity index (χ3n) is 1.93. The predicted molar refractivity (Wildman–Crippen MR) is 60.1 cm³/mol. The van der Waals surface area contributed by atoms with Gasteiger partial charge in [-0.3, -0.25) is 0 Å². The van der Waals surface area contributed by atoms with E-state index in [1.807, 2.05) is 6.07 Å². The SMILES string of the molecule is COC(=O)[C@@H](C)NC(=O)Nc1ccccc1. The van der Waals surface area contributed by atoms with Crippen LogP contribution in [0.1, 0.15) is 6.92 Å². The molecule has 5 nitrogen and oxygen atoms in total. The Morgan fingerprint density at radius 3 is 2.44 bits per heavy atom. The van der Waals surface area contributed by atoms with Crippen molar-refractivity contribution in [3.63, 3.8) is 0 Å². The molecule has 0 aliphatic carbocycles. The topological polar surface area (TPSA) is 67.4 Å². The molecule has 0 radical (unpaired) electrons. The minimum atomic E-state index is -0.672. The summed E-state index contributed by atoms with van der Waals surface area (Å²) in [5.41, 5.74) is 0.664. The molecule has 0 saturated carbocycles. The number of urea groups is 1. The Bertz CT molecular complexity index is 365. The zero-order chi connectivity index (χ0) is 12.0. The monoisotopic (exact) mass is 222 g/mol. The average molecular weight is 222 g/mol. The van der Waals surface area contributed by atoms with Gasteiger partial charge in [-0.25, -0.2) is 9.59 Å². The first-order chi connectivity index (χ1) is 7.63. The molecule has 0 aliphatic heterocycles. The summed E-state index contributed by atoms with van der Waals surface area (Å²) < 4.78 is 4.48. The number of nitrogens with one attached hydrogen (secondary N) is 2. The fourth-order valence-corrected chi connectivity index (χ4v) is 1.12. The lowest BCUT2D eigenvalue weighted by Crippen LogP contribution is -2.41. The van der Waals surface area contributed by atoms with E-state index in [-0.39, 0.29) is 0 Å². The highest BCUT2D eigenvalue weighted by molar-refractivity contribution is 5.92. The highest BCUT2D eigenvalue weighted by Gasteiger charge is 2.15. The van der Waals surface area contributed by atoms with Crippen LogP contribution in [0.15, 0.2) is 30.3 Å². The zero-order valence-corrected chi connectivity index (χ0v) is 9.19. The minimum absolute atomic E-state index is 0.441. The first-order valence-electron chi connectivity index (χ1n) is 4.84. The molecule has 86 valence electrons. The Hall–Kier alpha value is -2.04. The molecular formula is C11H14N2O3. The average Bonchev–Trinajstić information content (AvgIpc) is 2.29. The van der Waals surface area contributed by atoms with Crippen molar-refractivity contribution in [1.29, 1.82) is 0 Å². The summed E-state index contributed by atoms with van der Waals surface area (Å²) in [5.74, 6) is -0.483. The van der Waals surface area contributed by atoms with Crippen LogP contribution in [-0.4, -0.2) is 25.2 Å². The molecule has 16 heavy (non-hydrogen) atoms. The molecule has 0 heterocycles. The quantitative estimate of drug-likeness (QED) is 0.759. The first-order valence-corrected chi connectivity index (χ1v) is 4.84. The van der Waals surface area contributed by atoms with Gasteiger partial charge in [0.15, 0.2) is 0 Å². The summed E-state index contributed by atoms with van der Waals surface area (Å²) in [6.45, 7) is 1.55. The third kappa shape index (κ3) is 3.61. The molecule has 2 amide bonds. The molecule has 0 fully saturated rings. The molecule has 2 N–H and O–H groups in total. The molecule has 0 unspecified atom stereocenters. The first kappa shape index (κ1) is 12.0. The predicted octanol–water partition coefficient (Wildman–Crippen LogP) is 1.37. The molecule has 0 saturated heterocycles. The lowest BCUT2D eigenvalue weighted by Gasteiger charge is -2.12. The highest BCUT2D eigenvalue weighted by Crippen LogP contribution is 2.04. The number of ether oxygens (including phenoxy) is 1. The van der Waals surface area contributed by atoms with Gasteiger partial charge < -0.3 is 15.4 Å². The number of hydrogen-bond donors (Lipinski definition) is 2. The van der Waals surface area contributed by atoms with Gasteiger partial charge in [0.1, 0.15) is 6.04 Å². The number of carbonyl (C=O) groups is 2. The Morgan fingerprint density at radius 1 is 1.25 bits per heavy atom. The van der Waals surface area contributed by atoms with Crippen LogP contribution >= 0.6 is 0 Å². The number of para-hydroxylation sites is 1. The number of carbonyl (C=O) groups excluding carboxylic acids is 2. The second-order valence-corrected chi connectivity index (χ2v) is 3.21. The van der Waals surface area contributed by atoms with E-state index in [0.717, 1.165) is 0 Å². The Balaban J connectivity index is 2.45. The van der Waals surface area contributed by atoms with Gasteiger partial charge in [0.05, 0.1) is 7.11 Å². The normalized spacial score (nSPS) is 11.4. The van der Waals surface area contributed by atoms with E-state index in [1.165, 1.54) is 7.11 Å². The van der Waals surface area contributed by atoms with Gasteiger partial charge in [-0.1, -0.05) is 18.2 Å². The van der Waals surface area contributed by atoms with Crippen LogP contribution in [0.25, 0.3) is 0 Å². The lowest BCUT2D eigenvalue weighted by molar-refractivity contribution is -0.142. The van der Waals surface area contributed by atoms with E-state index in [4.69, 9.17) is 0 Å². The van der Waals surface area contributed by atoms with Crippen LogP contribution in [0.3, 0.4) is 0 Å². The highest BCUT2D eigenvalue weighted by atomic mass is 16.5.